The highest BCUT2D eigenvalue weighted by atomic mass is 19.2. The van der Waals surface area contributed by atoms with Gasteiger partial charge in [0.15, 0.2) is 24.0 Å². The molecule has 0 unspecified atom stereocenters. The van der Waals surface area contributed by atoms with E-state index >= 15 is 0 Å². The van der Waals surface area contributed by atoms with Gasteiger partial charge in [0.1, 0.15) is 6.54 Å². The van der Waals surface area contributed by atoms with Gasteiger partial charge in [-0.15, -0.1) is 0 Å². The molecule has 0 atom stereocenters. The van der Waals surface area contributed by atoms with Crippen LogP contribution in [0, 0.1) is 23.3 Å². The molecule has 0 saturated carbocycles. The Hall–Kier alpha value is -2.32. The first-order valence-corrected chi connectivity index (χ1v) is 6.15. The number of rotatable bonds is 5. The summed E-state index contributed by atoms with van der Waals surface area (Å²) in [6, 6.07) is -0.00407. The molecule has 1 rings (SSSR count). The lowest BCUT2D eigenvalue weighted by molar-refractivity contribution is -0.144. The Balaban J connectivity index is 0.00000211. The number of ether oxygens (including phenoxy) is 1. The standard InChI is InChI=1S/C11H9F4NO4.C2H6/c1-16(3-8(18)19)7(17)4-20-11-9(14)5(12)2-6(13)10(11)15;1-2/h2H,3-4H2,1H3,(H,18,19);1-2H3. The molecule has 0 saturated heterocycles. The van der Waals surface area contributed by atoms with Crippen LogP contribution in [0.1, 0.15) is 13.8 Å². The summed E-state index contributed by atoms with van der Waals surface area (Å²) in [5.74, 6) is -10.5. The molecule has 0 aliphatic rings. The van der Waals surface area contributed by atoms with Gasteiger partial charge in [-0.1, -0.05) is 13.8 Å². The van der Waals surface area contributed by atoms with Gasteiger partial charge in [-0.3, -0.25) is 9.59 Å². The predicted octanol–water partition coefficient (Wildman–Crippen LogP) is 2.19. The first kappa shape index (κ1) is 19.7. The number of hydrogen-bond donors (Lipinski definition) is 1. The molecule has 0 fully saturated rings. The molecule has 9 heteroatoms. The zero-order valence-electron chi connectivity index (χ0n) is 12.1. The second kappa shape index (κ2) is 8.85. The van der Waals surface area contributed by atoms with Crippen LogP contribution in [0.3, 0.4) is 0 Å². The summed E-state index contributed by atoms with van der Waals surface area (Å²) in [4.78, 5) is 22.4. The molecule has 124 valence electrons. The molecule has 0 aliphatic heterocycles. The first-order valence-electron chi connectivity index (χ1n) is 6.15. The van der Waals surface area contributed by atoms with E-state index < -0.39 is 54.0 Å². The smallest absolute Gasteiger partial charge is 0.323 e. The fraction of sp³-hybridized carbons (Fsp3) is 0.385. The molecule has 1 aromatic carbocycles. The zero-order valence-corrected chi connectivity index (χ0v) is 12.1. The minimum Gasteiger partial charge on any atom is -0.480 e. The average molecular weight is 325 g/mol. The number of carboxylic acid groups (broad SMARTS) is 1. The van der Waals surface area contributed by atoms with Crippen LogP contribution < -0.4 is 4.74 Å². The van der Waals surface area contributed by atoms with Crippen molar-refractivity contribution < 1.29 is 37.0 Å². The van der Waals surface area contributed by atoms with E-state index in [1.165, 1.54) is 0 Å². The molecule has 1 aromatic rings. The van der Waals surface area contributed by atoms with Gasteiger partial charge in [-0.05, 0) is 0 Å². The van der Waals surface area contributed by atoms with Crippen LogP contribution in [0.2, 0.25) is 0 Å². The minimum absolute atomic E-state index is 0.00407. The molecule has 1 amide bonds. The van der Waals surface area contributed by atoms with E-state index in [4.69, 9.17) is 5.11 Å². The number of nitrogens with zero attached hydrogens (tertiary/aromatic N) is 1. The monoisotopic (exact) mass is 325 g/mol. The maximum Gasteiger partial charge on any atom is 0.323 e. The lowest BCUT2D eigenvalue weighted by Crippen LogP contribution is -2.35. The Bertz CT molecular complexity index is 525. The lowest BCUT2D eigenvalue weighted by atomic mass is 10.3. The SMILES string of the molecule is CC.CN(CC(=O)O)C(=O)COc1c(F)c(F)cc(F)c1F. The molecule has 0 heterocycles. The van der Waals surface area contributed by atoms with Gasteiger partial charge in [0.2, 0.25) is 11.6 Å². The Morgan fingerprint density at radius 3 is 2.00 bits per heavy atom. The van der Waals surface area contributed by atoms with E-state index in [1.54, 1.807) is 0 Å². The number of amides is 1. The third-order valence-corrected chi connectivity index (χ3v) is 2.21. The molecular weight excluding hydrogens is 310 g/mol. The molecule has 0 radical (unpaired) electrons. The summed E-state index contributed by atoms with van der Waals surface area (Å²) in [5, 5.41) is 8.43. The summed E-state index contributed by atoms with van der Waals surface area (Å²) in [6.07, 6.45) is 0. The van der Waals surface area contributed by atoms with Crippen molar-refractivity contribution in [3.05, 3.63) is 29.3 Å². The van der Waals surface area contributed by atoms with Crippen molar-refractivity contribution in [2.75, 3.05) is 20.2 Å². The van der Waals surface area contributed by atoms with Gasteiger partial charge in [0.25, 0.3) is 5.91 Å². The second-order valence-corrected chi connectivity index (χ2v) is 3.73. The van der Waals surface area contributed by atoms with E-state index in [1.807, 2.05) is 13.8 Å². The van der Waals surface area contributed by atoms with Crippen LogP contribution in [0.4, 0.5) is 17.6 Å². The maximum absolute atomic E-state index is 13.2. The number of carbonyl (C=O) groups excluding carboxylic acids is 1. The third-order valence-electron chi connectivity index (χ3n) is 2.21. The Labute approximate surface area is 124 Å². The first-order chi connectivity index (χ1) is 10.2. The minimum atomic E-state index is -1.78. The van der Waals surface area contributed by atoms with Crippen molar-refractivity contribution in [1.29, 1.82) is 0 Å². The van der Waals surface area contributed by atoms with Gasteiger partial charge in [0, 0.05) is 13.1 Å². The van der Waals surface area contributed by atoms with Crippen LogP contribution >= 0.6 is 0 Å². The molecule has 0 aromatic heterocycles. The number of carboxylic acids is 1. The molecule has 1 N–H and O–H groups in total. The summed E-state index contributed by atoms with van der Waals surface area (Å²) >= 11 is 0. The summed E-state index contributed by atoms with van der Waals surface area (Å²) in [6.45, 7) is 2.37. The van der Waals surface area contributed by atoms with Crippen molar-refractivity contribution in [3.8, 4) is 5.75 Å². The van der Waals surface area contributed by atoms with E-state index in [2.05, 4.69) is 4.74 Å². The topological polar surface area (TPSA) is 66.8 Å². The normalized spacial score (nSPS) is 9.59. The Morgan fingerprint density at radius 2 is 1.59 bits per heavy atom. The van der Waals surface area contributed by atoms with Gasteiger partial charge < -0.3 is 14.7 Å². The van der Waals surface area contributed by atoms with Gasteiger partial charge in [-0.2, -0.15) is 8.78 Å². The highest BCUT2D eigenvalue weighted by Crippen LogP contribution is 2.26. The van der Waals surface area contributed by atoms with E-state index in [-0.39, 0.29) is 6.07 Å². The highest BCUT2D eigenvalue weighted by Gasteiger charge is 2.22. The van der Waals surface area contributed by atoms with Crippen LogP contribution in [0.5, 0.6) is 5.75 Å². The fourth-order valence-corrected chi connectivity index (χ4v) is 1.21. The van der Waals surface area contributed by atoms with Crippen molar-refractivity contribution in [1.82, 2.24) is 4.90 Å². The van der Waals surface area contributed by atoms with Crippen molar-refractivity contribution in [3.63, 3.8) is 0 Å². The average Bonchev–Trinajstić information content (AvgIpc) is 2.46. The van der Waals surface area contributed by atoms with Crippen LogP contribution in [0.25, 0.3) is 0 Å². The molecule has 22 heavy (non-hydrogen) atoms. The third kappa shape index (κ3) is 5.23. The molecular formula is C13H15F4NO4. The molecule has 0 spiro atoms. The number of hydrogen-bond acceptors (Lipinski definition) is 3. The predicted molar refractivity (Wildman–Crippen MR) is 68.4 cm³/mol. The quantitative estimate of drug-likeness (QED) is 0.666. The number of halogens is 4. The number of benzene rings is 1. The largest absolute Gasteiger partial charge is 0.480 e. The molecule has 5 nitrogen and oxygen atoms in total. The summed E-state index contributed by atoms with van der Waals surface area (Å²) < 4.78 is 56.4. The fourth-order valence-electron chi connectivity index (χ4n) is 1.21. The summed E-state index contributed by atoms with van der Waals surface area (Å²) in [7, 11) is 1.11. The Kier molecular flexibility index (Phi) is 7.92. The van der Waals surface area contributed by atoms with Crippen LogP contribution in [-0.4, -0.2) is 42.1 Å². The van der Waals surface area contributed by atoms with Crippen LogP contribution in [-0.2, 0) is 9.59 Å². The van der Waals surface area contributed by atoms with E-state index in [0.717, 1.165) is 7.05 Å². The van der Waals surface area contributed by atoms with Crippen molar-refractivity contribution >= 4 is 11.9 Å². The van der Waals surface area contributed by atoms with Gasteiger partial charge in [-0.25, -0.2) is 8.78 Å². The number of aliphatic carboxylic acids is 1. The maximum atomic E-state index is 13.2. The van der Waals surface area contributed by atoms with Gasteiger partial charge >= 0.3 is 5.97 Å². The van der Waals surface area contributed by atoms with E-state index in [0.29, 0.717) is 4.90 Å². The Morgan fingerprint density at radius 1 is 1.14 bits per heavy atom. The van der Waals surface area contributed by atoms with Crippen molar-refractivity contribution in [2.24, 2.45) is 0 Å². The van der Waals surface area contributed by atoms with Crippen molar-refractivity contribution in [2.45, 2.75) is 13.8 Å². The summed E-state index contributed by atoms with van der Waals surface area (Å²) in [5.41, 5.74) is 0. The number of carbonyl (C=O) groups is 2. The molecule has 0 bridgehead atoms. The van der Waals surface area contributed by atoms with E-state index in [9.17, 15) is 27.2 Å². The molecule has 0 aliphatic carbocycles. The second-order valence-electron chi connectivity index (χ2n) is 3.73. The zero-order chi connectivity index (χ0) is 17.4. The highest BCUT2D eigenvalue weighted by molar-refractivity contribution is 5.82. The van der Waals surface area contributed by atoms with Gasteiger partial charge in [0.05, 0.1) is 0 Å². The lowest BCUT2D eigenvalue weighted by Gasteiger charge is -2.15. The van der Waals surface area contributed by atoms with Crippen LogP contribution in [0.15, 0.2) is 6.07 Å². The number of likely N-dealkylation sites (N-methyl/N-ethyl adjacent to an activating group) is 1.